The molecule has 0 aliphatic carbocycles. The van der Waals surface area contributed by atoms with Gasteiger partial charge in [0.2, 0.25) is 0 Å². The number of allylic oxidation sites excluding steroid dienone is 1. The molecule has 7 heteroatoms. The maximum absolute atomic E-state index is 12.7. The lowest BCUT2D eigenvalue weighted by Crippen LogP contribution is -2.24. The van der Waals surface area contributed by atoms with Crippen molar-refractivity contribution in [3.8, 4) is 0 Å². The number of hydrogen-bond acceptors (Lipinski definition) is 6. The molecule has 2 rings (SSSR count). The number of rotatable bonds is 9. The lowest BCUT2D eigenvalue weighted by molar-refractivity contribution is 0.00649. The molecule has 2 aromatic rings. The van der Waals surface area contributed by atoms with Gasteiger partial charge in [0.25, 0.3) is 0 Å². The van der Waals surface area contributed by atoms with E-state index in [1.807, 2.05) is 39.0 Å². The lowest BCUT2D eigenvalue weighted by Gasteiger charge is -2.20. The van der Waals surface area contributed by atoms with Crippen molar-refractivity contribution in [1.82, 2.24) is 9.78 Å². The van der Waals surface area contributed by atoms with Crippen LogP contribution in [-0.2, 0) is 22.4 Å². The summed E-state index contributed by atoms with van der Waals surface area (Å²) in [5.41, 5.74) is 1.43. The number of esters is 2. The summed E-state index contributed by atoms with van der Waals surface area (Å²) in [5.74, 6) is -0.739. The van der Waals surface area contributed by atoms with E-state index in [1.165, 1.54) is 7.11 Å². The van der Waals surface area contributed by atoms with Crippen LogP contribution in [0.2, 0.25) is 0 Å². The van der Waals surface area contributed by atoms with Crippen LogP contribution in [0.4, 0.5) is 0 Å². The smallest absolute Gasteiger partial charge is 0.343 e. The maximum atomic E-state index is 12.7. The molecule has 0 saturated carbocycles. The molecule has 1 aromatic heterocycles. The zero-order chi connectivity index (χ0) is 22.3. The van der Waals surface area contributed by atoms with Crippen LogP contribution in [0.25, 0.3) is 0 Å². The first-order valence-corrected chi connectivity index (χ1v) is 10.8. The molecule has 0 aliphatic rings. The van der Waals surface area contributed by atoms with Crippen LogP contribution in [0.15, 0.2) is 48.1 Å². The van der Waals surface area contributed by atoms with E-state index in [-0.39, 0.29) is 17.2 Å². The zero-order valence-electron chi connectivity index (χ0n) is 18.3. The van der Waals surface area contributed by atoms with Crippen LogP contribution < -0.4 is 0 Å². The molecule has 30 heavy (non-hydrogen) atoms. The molecule has 0 radical (unpaired) electrons. The Kier molecular flexibility index (Phi) is 8.29. The summed E-state index contributed by atoms with van der Waals surface area (Å²) >= 11 is 1.59. The highest BCUT2D eigenvalue weighted by atomic mass is 32.2. The fraction of sp³-hybridized carbons (Fsp3) is 0.435. The first kappa shape index (κ1) is 23.7. The van der Waals surface area contributed by atoms with Crippen molar-refractivity contribution in [3.05, 3.63) is 59.8 Å². The molecule has 0 spiro atoms. The van der Waals surface area contributed by atoms with Crippen molar-refractivity contribution >= 4 is 23.7 Å². The lowest BCUT2D eigenvalue weighted by atomic mass is 10.1. The fourth-order valence-electron chi connectivity index (χ4n) is 2.86. The predicted octanol–water partition coefficient (Wildman–Crippen LogP) is 4.92. The number of carbonyl (C=O) groups excluding carboxylic acids is 2. The molecule has 0 saturated heterocycles. The molecular formula is C23H30N2O4S. The Morgan fingerprint density at radius 3 is 2.63 bits per heavy atom. The van der Waals surface area contributed by atoms with Crippen LogP contribution in [-0.4, -0.2) is 39.7 Å². The average Bonchev–Trinajstić information content (AvgIpc) is 3.08. The van der Waals surface area contributed by atoms with E-state index in [1.54, 1.807) is 34.8 Å². The minimum atomic E-state index is -0.585. The molecular weight excluding hydrogens is 400 g/mol. The Labute approximate surface area is 182 Å². The predicted molar refractivity (Wildman–Crippen MR) is 119 cm³/mol. The minimum absolute atomic E-state index is 0.180. The third kappa shape index (κ3) is 6.49. The van der Waals surface area contributed by atoms with Gasteiger partial charge in [-0.2, -0.15) is 5.10 Å². The Balaban J connectivity index is 2.27. The van der Waals surface area contributed by atoms with Crippen molar-refractivity contribution in [1.29, 1.82) is 0 Å². The summed E-state index contributed by atoms with van der Waals surface area (Å²) in [6.07, 6.45) is 4.92. The van der Waals surface area contributed by atoms with Crippen LogP contribution in [0.1, 0.15) is 60.4 Å². The van der Waals surface area contributed by atoms with Crippen molar-refractivity contribution in [3.63, 3.8) is 0 Å². The molecule has 0 aliphatic heterocycles. The second kappa shape index (κ2) is 10.5. The second-order valence-electron chi connectivity index (χ2n) is 7.88. The molecule has 6 nitrogen and oxygen atoms in total. The van der Waals surface area contributed by atoms with Gasteiger partial charge in [0.05, 0.1) is 25.4 Å². The van der Waals surface area contributed by atoms with Crippen molar-refractivity contribution in [2.45, 2.75) is 63.0 Å². The van der Waals surface area contributed by atoms with Gasteiger partial charge in [-0.05, 0) is 51.3 Å². The van der Waals surface area contributed by atoms with Crippen molar-refractivity contribution < 1.29 is 19.1 Å². The van der Waals surface area contributed by atoms with E-state index in [2.05, 4.69) is 18.6 Å². The van der Waals surface area contributed by atoms with Gasteiger partial charge >= 0.3 is 11.9 Å². The number of carbonyl (C=O) groups is 2. The second-order valence-corrected chi connectivity index (χ2v) is 9.17. The number of benzene rings is 1. The summed E-state index contributed by atoms with van der Waals surface area (Å²) in [7, 11) is 1.37. The number of thioether (sulfide) groups is 1. The van der Waals surface area contributed by atoms with E-state index in [0.717, 1.165) is 23.4 Å². The highest BCUT2D eigenvalue weighted by molar-refractivity contribution is 8.00. The molecule has 162 valence electrons. The third-order valence-corrected chi connectivity index (χ3v) is 5.74. The standard InChI is InChI=1S/C23H30N2O4S/c1-7-12-25-20(19(15-24-25)22(27)29-23(3,4)5)30-18(8-2)14-16-10-9-11-17(13-16)21(26)28-6/h7,9-11,13,15,18H,1,8,12,14H2,2-6H3. The minimum Gasteiger partial charge on any atom is -0.465 e. The van der Waals surface area contributed by atoms with Crippen LogP contribution in [0, 0.1) is 0 Å². The molecule has 1 heterocycles. The molecule has 0 fully saturated rings. The largest absolute Gasteiger partial charge is 0.465 e. The summed E-state index contributed by atoms with van der Waals surface area (Å²) in [6, 6.07) is 7.44. The normalized spacial score (nSPS) is 12.3. The van der Waals surface area contributed by atoms with Gasteiger partial charge in [0.1, 0.15) is 16.2 Å². The zero-order valence-corrected chi connectivity index (χ0v) is 19.1. The number of aromatic nitrogens is 2. The highest BCUT2D eigenvalue weighted by Gasteiger charge is 2.25. The topological polar surface area (TPSA) is 70.4 Å². The van der Waals surface area contributed by atoms with E-state index in [4.69, 9.17) is 9.47 Å². The number of methoxy groups -OCH3 is 1. The average molecular weight is 431 g/mol. The molecule has 1 unspecified atom stereocenters. The molecule has 0 N–H and O–H groups in total. The van der Waals surface area contributed by atoms with Gasteiger partial charge in [0, 0.05) is 5.25 Å². The van der Waals surface area contributed by atoms with Crippen LogP contribution >= 0.6 is 11.8 Å². The van der Waals surface area contributed by atoms with Crippen molar-refractivity contribution in [2.24, 2.45) is 0 Å². The summed E-state index contributed by atoms with van der Waals surface area (Å²) in [6.45, 7) is 11.9. The number of ether oxygens (including phenoxy) is 2. The first-order valence-electron chi connectivity index (χ1n) is 9.92. The van der Waals surface area contributed by atoms with Gasteiger partial charge in [-0.1, -0.05) is 25.1 Å². The molecule has 1 aromatic carbocycles. The fourth-order valence-corrected chi connectivity index (χ4v) is 4.12. The monoisotopic (exact) mass is 430 g/mol. The Bertz CT molecular complexity index is 899. The van der Waals surface area contributed by atoms with Gasteiger partial charge in [-0.3, -0.25) is 4.68 Å². The number of hydrogen-bond donors (Lipinski definition) is 0. The molecule has 1 atom stereocenters. The quantitative estimate of drug-likeness (QED) is 0.319. The van der Waals surface area contributed by atoms with E-state index < -0.39 is 5.60 Å². The SMILES string of the molecule is C=CCn1ncc(C(=O)OC(C)(C)C)c1SC(CC)Cc1cccc(C(=O)OC)c1. The summed E-state index contributed by atoms with van der Waals surface area (Å²) < 4.78 is 12.1. The Hall–Kier alpha value is -2.54. The maximum Gasteiger partial charge on any atom is 0.343 e. The Morgan fingerprint density at radius 2 is 2.03 bits per heavy atom. The third-order valence-electron chi connectivity index (χ3n) is 4.26. The van der Waals surface area contributed by atoms with Gasteiger partial charge in [-0.15, -0.1) is 18.3 Å². The van der Waals surface area contributed by atoms with Gasteiger partial charge in [-0.25, -0.2) is 9.59 Å². The highest BCUT2D eigenvalue weighted by Crippen LogP contribution is 2.32. The summed E-state index contributed by atoms with van der Waals surface area (Å²) in [5, 5.41) is 5.31. The van der Waals surface area contributed by atoms with Crippen LogP contribution in [0.3, 0.4) is 0 Å². The molecule has 0 amide bonds. The Morgan fingerprint density at radius 1 is 1.30 bits per heavy atom. The van der Waals surface area contributed by atoms with E-state index in [0.29, 0.717) is 17.7 Å². The first-order chi connectivity index (χ1) is 14.2. The summed E-state index contributed by atoms with van der Waals surface area (Å²) in [4.78, 5) is 24.5. The van der Waals surface area contributed by atoms with Gasteiger partial charge in [0.15, 0.2) is 0 Å². The molecule has 0 bridgehead atoms. The number of nitrogens with zero attached hydrogens (tertiary/aromatic N) is 2. The van der Waals surface area contributed by atoms with Crippen molar-refractivity contribution in [2.75, 3.05) is 7.11 Å². The van der Waals surface area contributed by atoms with Crippen LogP contribution in [0.5, 0.6) is 0 Å². The van der Waals surface area contributed by atoms with Gasteiger partial charge < -0.3 is 9.47 Å². The van der Waals surface area contributed by atoms with E-state index in [9.17, 15) is 9.59 Å². The van der Waals surface area contributed by atoms with E-state index >= 15 is 0 Å².